The molecule has 1 saturated carbocycles. The molecule has 1 aliphatic carbocycles. The van der Waals surface area contributed by atoms with E-state index >= 15 is 0 Å². The fourth-order valence-electron chi connectivity index (χ4n) is 2.33. The van der Waals surface area contributed by atoms with Gasteiger partial charge in [-0.25, -0.2) is 4.79 Å². The molecule has 0 amide bonds. The van der Waals surface area contributed by atoms with Gasteiger partial charge in [0.1, 0.15) is 0 Å². The minimum absolute atomic E-state index is 0.0388. The van der Waals surface area contributed by atoms with E-state index in [4.69, 9.17) is 31.9 Å². The molecule has 0 atom stereocenters. The molecule has 110 valence electrons. The Bertz CT molecular complexity index is 498. The lowest BCUT2D eigenvalue weighted by Crippen LogP contribution is -2.31. The van der Waals surface area contributed by atoms with Gasteiger partial charge in [0, 0.05) is 6.04 Å². The molecule has 0 saturated heterocycles. The standard InChI is InChI=1S/C14H18ClNO4/c1-19-12-7-8(14(17)18)6-11(15)13(12)20-10-4-2-9(16)3-5-10/h6-7,9-10H,2-5,16H2,1H3,(H,17,18). The number of aromatic carboxylic acids is 1. The van der Waals surface area contributed by atoms with Gasteiger partial charge in [-0.2, -0.15) is 0 Å². The summed E-state index contributed by atoms with van der Waals surface area (Å²) in [5.74, 6) is -0.315. The molecule has 1 aromatic carbocycles. The minimum Gasteiger partial charge on any atom is -0.493 e. The zero-order valence-electron chi connectivity index (χ0n) is 11.3. The van der Waals surface area contributed by atoms with E-state index < -0.39 is 5.97 Å². The van der Waals surface area contributed by atoms with Crippen molar-refractivity contribution in [2.45, 2.75) is 37.8 Å². The van der Waals surface area contributed by atoms with E-state index in [1.807, 2.05) is 0 Å². The Labute approximate surface area is 122 Å². The van der Waals surface area contributed by atoms with E-state index in [9.17, 15) is 4.79 Å². The topological polar surface area (TPSA) is 81.8 Å². The van der Waals surface area contributed by atoms with Crippen molar-refractivity contribution in [3.8, 4) is 11.5 Å². The van der Waals surface area contributed by atoms with Gasteiger partial charge in [0.25, 0.3) is 0 Å². The third-order valence-corrected chi connectivity index (χ3v) is 3.76. The molecule has 0 aromatic heterocycles. The van der Waals surface area contributed by atoms with Crippen LogP contribution in [0.2, 0.25) is 5.02 Å². The van der Waals surface area contributed by atoms with Crippen molar-refractivity contribution in [2.24, 2.45) is 5.73 Å². The van der Waals surface area contributed by atoms with Gasteiger partial charge < -0.3 is 20.3 Å². The molecule has 2 rings (SSSR count). The van der Waals surface area contributed by atoms with Gasteiger partial charge in [0.15, 0.2) is 11.5 Å². The minimum atomic E-state index is -1.06. The van der Waals surface area contributed by atoms with Crippen molar-refractivity contribution in [1.82, 2.24) is 0 Å². The van der Waals surface area contributed by atoms with Crippen LogP contribution in [0.3, 0.4) is 0 Å². The molecule has 0 heterocycles. The average molecular weight is 300 g/mol. The summed E-state index contributed by atoms with van der Waals surface area (Å²) in [6.45, 7) is 0. The second kappa shape index (κ2) is 6.33. The summed E-state index contributed by atoms with van der Waals surface area (Å²) in [5, 5.41) is 9.25. The van der Waals surface area contributed by atoms with Crippen molar-refractivity contribution in [3.63, 3.8) is 0 Å². The predicted octanol–water partition coefficient (Wildman–Crippen LogP) is 2.70. The fraction of sp³-hybridized carbons (Fsp3) is 0.500. The van der Waals surface area contributed by atoms with Crippen LogP contribution in [0.1, 0.15) is 36.0 Å². The predicted molar refractivity (Wildman–Crippen MR) is 75.8 cm³/mol. The first-order valence-electron chi connectivity index (χ1n) is 6.54. The molecule has 0 radical (unpaired) electrons. The molecule has 1 aromatic rings. The first-order chi connectivity index (χ1) is 9.51. The van der Waals surface area contributed by atoms with Crippen LogP contribution in [0.4, 0.5) is 0 Å². The summed E-state index contributed by atoms with van der Waals surface area (Å²) in [6, 6.07) is 3.02. The number of hydrogen-bond donors (Lipinski definition) is 2. The highest BCUT2D eigenvalue weighted by atomic mass is 35.5. The summed E-state index contributed by atoms with van der Waals surface area (Å²) in [5.41, 5.74) is 5.93. The number of halogens is 1. The normalized spacial score (nSPS) is 22.4. The van der Waals surface area contributed by atoms with Gasteiger partial charge in [-0.1, -0.05) is 11.6 Å². The number of carbonyl (C=O) groups is 1. The average Bonchev–Trinajstić information content (AvgIpc) is 2.42. The highest BCUT2D eigenvalue weighted by Gasteiger charge is 2.23. The van der Waals surface area contributed by atoms with Crippen LogP contribution in [-0.4, -0.2) is 30.3 Å². The maximum atomic E-state index is 11.0. The van der Waals surface area contributed by atoms with E-state index in [0.717, 1.165) is 25.7 Å². The van der Waals surface area contributed by atoms with Crippen LogP contribution in [0.5, 0.6) is 11.5 Å². The van der Waals surface area contributed by atoms with Crippen molar-refractivity contribution in [2.75, 3.05) is 7.11 Å². The fourth-order valence-corrected chi connectivity index (χ4v) is 2.59. The molecular weight excluding hydrogens is 282 g/mol. The van der Waals surface area contributed by atoms with Gasteiger partial charge in [-0.3, -0.25) is 0 Å². The molecule has 6 heteroatoms. The number of nitrogens with two attached hydrogens (primary N) is 1. The van der Waals surface area contributed by atoms with Crippen molar-refractivity contribution < 1.29 is 19.4 Å². The molecule has 1 aliphatic rings. The zero-order chi connectivity index (χ0) is 14.7. The van der Waals surface area contributed by atoms with E-state index in [0.29, 0.717) is 11.5 Å². The van der Waals surface area contributed by atoms with Crippen molar-refractivity contribution in [3.05, 3.63) is 22.7 Å². The van der Waals surface area contributed by atoms with Gasteiger partial charge in [-0.05, 0) is 37.8 Å². The second-order valence-corrected chi connectivity index (χ2v) is 5.36. The third-order valence-electron chi connectivity index (χ3n) is 3.48. The summed E-state index contributed by atoms with van der Waals surface area (Å²) in [4.78, 5) is 11.0. The molecule has 0 unspecified atom stereocenters. The number of carboxylic acids is 1. The van der Waals surface area contributed by atoms with Crippen molar-refractivity contribution in [1.29, 1.82) is 0 Å². The first-order valence-corrected chi connectivity index (χ1v) is 6.92. The Morgan fingerprint density at radius 2 is 2.00 bits per heavy atom. The Morgan fingerprint density at radius 1 is 1.35 bits per heavy atom. The monoisotopic (exact) mass is 299 g/mol. The van der Waals surface area contributed by atoms with Gasteiger partial charge in [0.05, 0.1) is 23.8 Å². The second-order valence-electron chi connectivity index (χ2n) is 4.95. The Hall–Kier alpha value is -1.46. The van der Waals surface area contributed by atoms with Crippen LogP contribution >= 0.6 is 11.6 Å². The van der Waals surface area contributed by atoms with E-state index in [-0.39, 0.29) is 22.7 Å². The maximum Gasteiger partial charge on any atom is 0.335 e. The summed E-state index contributed by atoms with van der Waals surface area (Å²) in [7, 11) is 1.46. The molecule has 3 N–H and O–H groups in total. The van der Waals surface area contributed by atoms with Crippen molar-refractivity contribution >= 4 is 17.6 Å². The van der Waals surface area contributed by atoms with Crippen LogP contribution in [-0.2, 0) is 0 Å². The molecule has 20 heavy (non-hydrogen) atoms. The SMILES string of the molecule is COc1cc(C(=O)O)cc(Cl)c1OC1CCC(N)CC1. The van der Waals surface area contributed by atoms with Crippen LogP contribution < -0.4 is 15.2 Å². The Balaban J connectivity index is 2.20. The van der Waals surface area contributed by atoms with Crippen LogP contribution in [0, 0.1) is 0 Å². The maximum absolute atomic E-state index is 11.0. The Kier molecular flexibility index (Phi) is 4.73. The number of hydrogen-bond acceptors (Lipinski definition) is 4. The third kappa shape index (κ3) is 3.35. The molecule has 0 aliphatic heterocycles. The zero-order valence-corrected chi connectivity index (χ0v) is 12.0. The van der Waals surface area contributed by atoms with Gasteiger partial charge in [-0.15, -0.1) is 0 Å². The lowest BCUT2D eigenvalue weighted by Gasteiger charge is -2.27. The van der Waals surface area contributed by atoms with E-state index in [2.05, 4.69) is 0 Å². The quantitative estimate of drug-likeness (QED) is 0.893. The summed E-state index contributed by atoms with van der Waals surface area (Å²) >= 11 is 6.11. The molecular formula is C14H18ClNO4. The number of ether oxygens (including phenoxy) is 2. The number of rotatable bonds is 4. The summed E-state index contributed by atoms with van der Waals surface area (Å²) in [6.07, 6.45) is 3.59. The van der Waals surface area contributed by atoms with Crippen LogP contribution in [0.25, 0.3) is 0 Å². The highest BCUT2D eigenvalue weighted by molar-refractivity contribution is 6.32. The Morgan fingerprint density at radius 3 is 2.55 bits per heavy atom. The van der Waals surface area contributed by atoms with E-state index in [1.54, 1.807) is 0 Å². The molecule has 0 spiro atoms. The first kappa shape index (κ1) is 14.9. The number of benzene rings is 1. The lowest BCUT2D eigenvalue weighted by atomic mass is 9.94. The summed E-state index contributed by atoms with van der Waals surface area (Å²) < 4.78 is 11.1. The van der Waals surface area contributed by atoms with Gasteiger partial charge in [0.2, 0.25) is 0 Å². The van der Waals surface area contributed by atoms with Gasteiger partial charge >= 0.3 is 5.97 Å². The largest absolute Gasteiger partial charge is 0.493 e. The van der Waals surface area contributed by atoms with Crippen LogP contribution in [0.15, 0.2) is 12.1 Å². The molecule has 0 bridgehead atoms. The lowest BCUT2D eigenvalue weighted by molar-refractivity contribution is 0.0696. The molecule has 5 nitrogen and oxygen atoms in total. The number of methoxy groups -OCH3 is 1. The number of carboxylic acid groups (broad SMARTS) is 1. The highest BCUT2D eigenvalue weighted by Crippen LogP contribution is 2.38. The van der Waals surface area contributed by atoms with E-state index in [1.165, 1.54) is 19.2 Å². The molecule has 1 fully saturated rings. The smallest absolute Gasteiger partial charge is 0.335 e.